The topological polar surface area (TPSA) is 42.9 Å². The van der Waals surface area contributed by atoms with Crippen LogP contribution in [0.1, 0.15) is 21.6 Å². The molecular weight excluding hydrogens is 340 g/mol. The molecule has 2 aromatic carbocycles. The maximum Gasteiger partial charge on any atom is 0.150 e. The summed E-state index contributed by atoms with van der Waals surface area (Å²) in [6.07, 6.45) is 5.23. The summed E-state index contributed by atoms with van der Waals surface area (Å²) >= 11 is 1.58. The maximum atomic E-state index is 10.8. The van der Waals surface area contributed by atoms with Crippen LogP contribution in [0.15, 0.2) is 78.9 Å². The van der Waals surface area contributed by atoms with Crippen LogP contribution in [-0.4, -0.2) is 16.3 Å². The van der Waals surface area contributed by atoms with Crippen LogP contribution < -0.4 is 0 Å². The van der Waals surface area contributed by atoms with Crippen LogP contribution in [0.5, 0.6) is 0 Å². The van der Waals surface area contributed by atoms with Gasteiger partial charge in [-0.05, 0) is 17.7 Å². The molecule has 1 aliphatic rings. The SMILES string of the molecule is O=Cc1ccc(-c2nc3ccc(C4(c5ccccc5)C=C4)nc3s2)cc1. The van der Waals surface area contributed by atoms with Crippen molar-refractivity contribution in [1.29, 1.82) is 0 Å². The Morgan fingerprint density at radius 2 is 1.62 bits per heavy atom. The van der Waals surface area contributed by atoms with E-state index >= 15 is 0 Å². The fourth-order valence-electron chi connectivity index (χ4n) is 3.18. The minimum atomic E-state index is -0.175. The predicted molar refractivity (Wildman–Crippen MR) is 105 cm³/mol. The van der Waals surface area contributed by atoms with Gasteiger partial charge in [0.15, 0.2) is 0 Å². The van der Waals surface area contributed by atoms with Gasteiger partial charge >= 0.3 is 0 Å². The summed E-state index contributed by atoms with van der Waals surface area (Å²) in [5.74, 6) is 0. The second-order valence-electron chi connectivity index (χ2n) is 6.35. The molecule has 0 fully saturated rings. The van der Waals surface area contributed by atoms with Gasteiger partial charge in [0, 0.05) is 11.1 Å². The van der Waals surface area contributed by atoms with Gasteiger partial charge in [-0.2, -0.15) is 0 Å². The zero-order chi connectivity index (χ0) is 17.6. The zero-order valence-electron chi connectivity index (χ0n) is 13.8. The fourth-order valence-corrected chi connectivity index (χ4v) is 4.13. The monoisotopic (exact) mass is 354 g/mol. The summed E-state index contributed by atoms with van der Waals surface area (Å²) in [4.78, 5) is 21.4. The van der Waals surface area contributed by atoms with E-state index in [1.807, 2.05) is 36.4 Å². The summed E-state index contributed by atoms with van der Waals surface area (Å²) in [6, 6.07) is 22.0. The normalized spacial score (nSPS) is 14.5. The molecule has 4 heteroatoms. The van der Waals surface area contributed by atoms with Crippen LogP contribution >= 0.6 is 11.3 Å². The molecule has 0 aliphatic heterocycles. The van der Waals surface area contributed by atoms with Crippen molar-refractivity contribution in [1.82, 2.24) is 9.97 Å². The van der Waals surface area contributed by atoms with Gasteiger partial charge in [0.25, 0.3) is 0 Å². The molecule has 0 amide bonds. The van der Waals surface area contributed by atoms with Gasteiger partial charge in [-0.15, -0.1) is 0 Å². The number of carbonyl (C=O) groups excluding carboxylic acids is 1. The average molecular weight is 354 g/mol. The number of aromatic nitrogens is 2. The lowest BCUT2D eigenvalue weighted by Gasteiger charge is -2.15. The van der Waals surface area contributed by atoms with E-state index in [1.165, 1.54) is 5.56 Å². The number of benzene rings is 2. The molecule has 1 aliphatic carbocycles. The van der Waals surface area contributed by atoms with Gasteiger partial charge in [0.2, 0.25) is 0 Å². The summed E-state index contributed by atoms with van der Waals surface area (Å²) in [6.45, 7) is 0. The van der Waals surface area contributed by atoms with E-state index in [0.717, 1.165) is 32.9 Å². The van der Waals surface area contributed by atoms with Gasteiger partial charge in [-0.25, -0.2) is 9.97 Å². The third-order valence-electron chi connectivity index (χ3n) is 4.72. The van der Waals surface area contributed by atoms with Gasteiger partial charge in [-0.1, -0.05) is 78.1 Å². The first kappa shape index (κ1) is 15.2. The van der Waals surface area contributed by atoms with Crippen molar-refractivity contribution >= 4 is 28.0 Å². The molecular formula is C22H14N2OS. The molecule has 26 heavy (non-hydrogen) atoms. The number of rotatable bonds is 4. The first-order chi connectivity index (χ1) is 12.8. The number of allylic oxidation sites excluding steroid dienone is 2. The third kappa shape index (κ3) is 2.38. The van der Waals surface area contributed by atoms with E-state index in [0.29, 0.717) is 5.56 Å². The van der Waals surface area contributed by atoms with E-state index < -0.39 is 0 Å². The van der Waals surface area contributed by atoms with Crippen LogP contribution in [0.25, 0.3) is 20.9 Å². The van der Waals surface area contributed by atoms with E-state index in [9.17, 15) is 4.79 Å². The third-order valence-corrected chi connectivity index (χ3v) is 5.74. The molecule has 3 nitrogen and oxygen atoms in total. The molecule has 5 rings (SSSR count). The first-order valence-electron chi connectivity index (χ1n) is 8.38. The van der Waals surface area contributed by atoms with Crippen molar-refractivity contribution in [2.24, 2.45) is 0 Å². The number of carbonyl (C=O) groups is 1. The molecule has 0 unspecified atom stereocenters. The molecule has 0 saturated carbocycles. The zero-order valence-corrected chi connectivity index (χ0v) is 14.6. The van der Waals surface area contributed by atoms with Crippen LogP contribution in [0.3, 0.4) is 0 Å². The lowest BCUT2D eigenvalue weighted by molar-refractivity contribution is 0.112. The summed E-state index contributed by atoms with van der Waals surface area (Å²) < 4.78 is 0. The van der Waals surface area contributed by atoms with Gasteiger partial charge in [-0.3, -0.25) is 4.79 Å². The highest BCUT2D eigenvalue weighted by molar-refractivity contribution is 7.21. The van der Waals surface area contributed by atoms with E-state index in [4.69, 9.17) is 9.97 Å². The molecule has 0 saturated heterocycles. The second kappa shape index (κ2) is 5.71. The van der Waals surface area contributed by atoms with Crippen molar-refractivity contribution in [3.05, 3.63) is 95.7 Å². The Labute approximate surface area is 154 Å². The number of hydrogen-bond acceptors (Lipinski definition) is 4. The molecule has 0 spiro atoms. The Bertz CT molecular complexity index is 1140. The van der Waals surface area contributed by atoms with Crippen molar-refractivity contribution < 1.29 is 4.79 Å². The number of aldehydes is 1. The Balaban J connectivity index is 1.55. The molecule has 0 radical (unpaired) electrons. The molecule has 4 aromatic rings. The van der Waals surface area contributed by atoms with E-state index in [-0.39, 0.29) is 5.41 Å². The summed E-state index contributed by atoms with van der Waals surface area (Å²) in [5, 5.41) is 0.916. The minimum absolute atomic E-state index is 0.175. The Kier molecular flexibility index (Phi) is 3.33. The van der Waals surface area contributed by atoms with Crippen LogP contribution in [0.2, 0.25) is 0 Å². The molecule has 0 atom stereocenters. The molecule has 2 heterocycles. The predicted octanol–water partition coefficient (Wildman–Crippen LogP) is 5.03. The highest BCUT2D eigenvalue weighted by Gasteiger charge is 2.39. The van der Waals surface area contributed by atoms with Crippen molar-refractivity contribution in [3.8, 4) is 10.6 Å². The maximum absolute atomic E-state index is 10.8. The lowest BCUT2D eigenvalue weighted by Crippen LogP contribution is -2.12. The van der Waals surface area contributed by atoms with Crippen molar-refractivity contribution in [3.63, 3.8) is 0 Å². The van der Waals surface area contributed by atoms with E-state index in [1.54, 1.807) is 11.3 Å². The standard InChI is InChI=1S/C22H14N2OS/c25-14-15-6-8-16(9-7-15)20-23-18-10-11-19(24-21(18)26-20)22(12-13-22)17-4-2-1-3-5-17/h1-14H. The number of nitrogens with zero attached hydrogens (tertiary/aromatic N) is 2. The number of pyridine rings is 1. The van der Waals surface area contributed by atoms with Crippen LogP contribution in [-0.2, 0) is 5.41 Å². The Morgan fingerprint density at radius 1 is 0.846 bits per heavy atom. The van der Waals surface area contributed by atoms with Crippen LogP contribution in [0, 0.1) is 0 Å². The highest BCUT2D eigenvalue weighted by Crippen LogP contribution is 2.44. The average Bonchev–Trinajstić information content (AvgIpc) is 3.41. The minimum Gasteiger partial charge on any atom is -0.298 e. The largest absolute Gasteiger partial charge is 0.298 e. The summed E-state index contributed by atoms with van der Waals surface area (Å²) in [7, 11) is 0. The fraction of sp³-hybridized carbons (Fsp3) is 0.0455. The lowest BCUT2D eigenvalue weighted by atomic mass is 9.89. The number of thiazole rings is 1. The Morgan fingerprint density at radius 3 is 2.31 bits per heavy atom. The summed E-state index contributed by atoms with van der Waals surface area (Å²) in [5.41, 5.74) is 4.66. The van der Waals surface area contributed by atoms with Crippen molar-refractivity contribution in [2.75, 3.05) is 0 Å². The van der Waals surface area contributed by atoms with Gasteiger partial charge < -0.3 is 0 Å². The molecule has 124 valence electrons. The van der Waals surface area contributed by atoms with Crippen LogP contribution in [0.4, 0.5) is 0 Å². The molecule has 0 bridgehead atoms. The molecule has 0 N–H and O–H groups in total. The first-order valence-corrected chi connectivity index (χ1v) is 9.20. The van der Waals surface area contributed by atoms with E-state index in [2.05, 4.69) is 42.5 Å². The second-order valence-corrected chi connectivity index (χ2v) is 7.33. The quantitative estimate of drug-likeness (QED) is 0.381. The smallest absolute Gasteiger partial charge is 0.150 e. The number of fused-ring (bicyclic) bond motifs is 1. The van der Waals surface area contributed by atoms with Crippen molar-refractivity contribution in [2.45, 2.75) is 5.41 Å². The van der Waals surface area contributed by atoms with Gasteiger partial charge in [0.1, 0.15) is 21.6 Å². The van der Waals surface area contributed by atoms with Gasteiger partial charge in [0.05, 0.1) is 11.1 Å². The molecule has 2 aromatic heterocycles. The Hall–Kier alpha value is -3.11. The number of hydrogen-bond donors (Lipinski definition) is 0. The highest BCUT2D eigenvalue weighted by atomic mass is 32.1.